The van der Waals surface area contributed by atoms with E-state index in [-0.39, 0.29) is 12.3 Å². The van der Waals surface area contributed by atoms with Crippen molar-refractivity contribution in [2.24, 2.45) is 0 Å². The number of nitrogens with zero attached hydrogens (tertiary/aromatic N) is 1. The number of hydrogen-bond donors (Lipinski definition) is 2. The molecule has 100 valence electrons. The van der Waals surface area contributed by atoms with E-state index in [9.17, 15) is 4.79 Å². The molecular formula is C13H14ClN3OS. The minimum atomic E-state index is -0.154. The number of thiazole rings is 1. The predicted molar refractivity (Wildman–Crippen MR) is 79.8 cm³/mol. The Kier molecular flexibility index (Phi) is 4.07. The van der Waals surface area contributed by atoms with E-state index < -0.39 is 0 Å². The highest BCUT2D eigenvalue weighted by molar-refractivity contribution is 7.13. The van der Waals surface area contributed by atoms with Gasteiger partial charge in [-0.05, 0) is 31.0 Å². The lowest BCUT2D eigenvalue weighted by Gasteiger charge is -2.11. The number of aromatic nitrogens is 1. The molecule has 0 aliphatic heterocycles. The fourth-order valence-corrected chi connectivity index (χ4v) is 2.76. The third-order valence-electron chi connectivity index (χ3n) is 2.61. The number of nitrogens with one attached hydrogen (secondary N) is 1. The van der Waals surface area contributed by atoms with Crippen LogP contribution in [0.5, 0.6) is 0 Å². The smallest absolute Gasteiger partial charge is 0.230 e. The maximum absolute atomic E-state index is 11.9. The Hall–Kier alpha value is -1.59. The molecule has 0 atom stereocenters. The van der Waals surface area contributed by atoms with E-state index in [4.69, 9.17) is 17.3 Å². The Morgan fingerprint density at radius 1 is 1.47 bits per heavy atom. The summed E-state index contributed by atoms with van der Waals surface area (Å²) in [5, 5.41) is 5.60. The van der Waals surface area contributed by atoms with Crippen LogP contribution in [0.15, 0.2) is 17.5 Å². The summed E-state index contributed by atoms with van der Waals surface area (Å²) < 4.78 is 0. The number of amides is 1. The Morgan fingerprint density at radius 3 is 2.79 bits per heavy atom. The second-order valence-electron chi connectivity index (χ2n) is 4.34. The largest absolute Gasteiger partial charge is 0.375 e. The van der Waals surface area contributed by atoms with E-state index in [0.29, 0.717) is 21.5 Å². The Morgan fingerprint density at radius 2 is 2.21 bits per heavy atom. The van der Waals surface area contributed by atoms with Crippen LogP contribution in [-0.2, 0) is 11.2 Å². The zero-order valence-electron chi connectivity index (χ0n) is 10.7. The highest BCUT2D eigenvalue weighted by Gasteiger charge is 2.11. The lowest BCUT2D eigenvalue weighted by molar-refractivity contribution is -0.115. The summed E-state index contributed by atoms with van der Waals surface area (Å²) in [6, 6.07) is 3.80. The number of anilines is 2. The van der Waals surface area contributed by atoms with E-state index in [1.165, 1.54) is 11.3 Å². The zero-order chi connectivity index (χ0) is 14.0. The standard InChI is InChI=1S/C13H14ClN3OS/c1-7-3-8(2)12(10(14)4-7)17-11(18)5-9-6-19-13(15)16-9/h3-4,6H,5H2,1-2H3,(H2,15,16)(H,17,18). The summed E-state index contributed by atoms with van der Waals surface area (Å²) in [7, 11) is 0. The minimum Gasteiger partial charge on any atom is -0.375 e. The summed E-state index contributed by atoms with van der Waals surface area (Å²) >= 11 is 7.46. The average Bonchev–Trinajstić information content (AvgIpc) is 2.69. The molecule has 1 heterocycles. The van der Waals surface area contributed by atoms with Crippen molar-refractivity contribution in [1.29, 1.82) is 0 Å². The fraction of sp³-hybridized carbons (Fsp3) is 0.231. The van der Waals surface area contributed by atoms with Crippen LogP contribution in [0.4, 0.5) is 10.8 Å². The van der Waals surface area contributed by atoms with Gasteiger partial charge in [-0.2, -0.15) is 0 Å². The molecule has 4 nitrogen and oxygen atoms in total. The Labute approximate surface area is 120 Å². The molecule has 0 radical (unpaired) electrons. The van der Waals surface area contributed by atoms with Crippen molar-refractivity contribution in [3.05, 3.63) is 39.4 Å². The Bertz CT molecular complexity index is 601. The molecule has 0 saturated heterocycles. The summed E-state index contributed by atoms with van der Waals surface area (Å²) in [6.45, 7) is 3.87. The third-order valence-corrected chi connectivity index (χ3v) is 3.63. The molecule has 0 unspecified atom stereocenters. The minimum absolute atomic E-state index is 0.154. The molecular weight excluding hydrogens is 282 g/mol. The molecule has 6 heteroatoms. The summed E-state index contributed by atoms with van der Waals surface area (Å²) in [5.41, 5.74) is 8.85. The highest BCUT2D eigenvalue weighted by Crippen LogP contribution is 2.27. The molecule has 0 bridgehead atoms. The van der Waals surface area contributed by atoms with Crippen molar-refractivity contribution >= 4 is 39.7 Å². The van der Waals surface area contributed by atoms with Gasteiger partial charge in [0.15, 0.2) is 5.13 Å². The van der Waals surface area contributed by atoms with Crippen LogP contribution in [0.25, 0.3) is 0 Å². The first-order valence-electron chi connectivity index (χ1n) is 5.72. The van der Waals surface area contributed by atoms with Crippen LogP contribution in [0.1, 0.15) is 16.8 Å². The molecule has 0 aliphatic carbocycles. The van der Waals surface area contributed by atoms with Gasteiger partial charge in [0.05, 0.1) is 22.8 Å². The van der Waals surface area contributed by atoms with Crippen molar-refractivity contribution in [2.75, 3.05) is 11.1 Å². The first-order valence-corrected chi connectivity index (χ1v) is 6.98. The van der Waals surface area contributed by atoms with Crippen LogP contribution in [0.3, 0.4) is 0 Å². The van der Waals surface area contributed by atoms with Crippen LogP contribution in [-0.4, -0.2) is 10.9 Å². The SMILES string of the molecule is Cc1cc(C)c(NC(=O)Cc2csc(N)n2)c(Cl)c1. The molecule has 2 aromatic rings. The van der Waals surface area contributed by atoms with Crippen molar-refractivity contribution in [2.45, 2.75) is 20.3 Å². The second-order valence-corrected chi connectivity index (χ2v) is 5.64. The van der Waals surface area contributed by atoms with E-state index >= 15 is 0 Å². The fourth-order valence-electron chi connectivity index (χ4n) is 1.83. The van der Waals surface area contributed by atoms with Gasteiger partial charge >= 0.3 is 0 Å². The molecule has 2 rings (SSSR count). The van der Waals surface area contributed by atoms with Crippen LogP contribution >= 0.6 is 22.9 Å². The summed E-state index contributed by atoms with van der Waals surface area (Å²) in [6.07, 6.45) is 0.192. The molecule has 1 amide bonds. The maximum Gasteiger partial charge on any atom is 0.230 e. The monoisotopic (exact) mass is 295 g/mol. The topological polar surface area (TPSA) is 68.0 Å². The number of carbonyl (C=O) groups is 1. The van der Waals surface area contributed by atoms with Crippen LogP contribution in [0, 0.1) is 13.8 Å². The molecule has 1 aromatic carbocycles. The lowest BCUT2D eigenvalue weighted by atomic mass is 10.1. The summed E-state index contributed by atoms with van der Waals surface area (Å²) in [4.78, 5) is 16.0. The van der Waals surface area contributed by atoms with Crippen molar-refractivity contribution in [3.8, 4) is 0 Å². The number of carbonyl (C=O) groups excluding carboxylic acids is 1. The van der Waals surface area contributed by atoms with Gasteiger partial charge < -0.3 is 11.1 Å². The molecule has 0 spiro atoms. The number of nitrogen functional groups attached to an aromatic ring is 1. The van der Waals surface area contributed by atoms with E-state index in [1.54, 1.807) is 5.38 Å². The molecule has 0 fully saturated rings. The number of halogens is 1. The van der Waals surface area contributed by atoms with Crippen LogP contribution < -0.4 is 11.1 Å². The number of rotatable bonds is 3. The average molecular weight is 296 g/mol. The number of hydrogen-bond acceptors (Lipinski definition) is 4. The quantitative estimate of drug-likeness (QED) is 0.914. The molecule has 1 aromatic heterocycles. The molecule has 0 aliphatic rings. The first-order chi connectivity index (χ1) is 8.95. The third kappa shape index (κ3) is 3.45. The zero-order valence-corrected chi connectivity index (χ0v) is 12.2. The van der Waals surface area contributed by atoms with Crippen LogP contribution in [0.2, 0.25) is 5.02 Å². The molecule has 3 N–H and O–H groups in total. The normalized spacial score (nSPS) is 10.5. The van der Waals surface area contributed by atoms with Gasteiger partial charge in [-0.15, -0.1) is 11.3 Å². The maximum atomic E-state index is 11.9. The predicted octanol–water partition coefficient (Wildman–Crippen LogP) is 3.18. The molecule has 19 heavy (non-hydrogen) atoms. The van der Waals surface area contributed by atoms with Crippen molar-refractivity contribution < 1.29 is 4.79 Å². The van der Waals surface area contributed by atoms with Crippen molar-refractivity contribution in [1.82, 2.24) is 4.98 Å². The van der Waals surface area contributed by atoms with E-state index in [0.717, 1.165) is 11.1 Å². The van der Waals surface area contributed by atoms with Gasteiger partial charge in [0, 0.05) is 5.38 Å². The van der Waals surface area contributed by atoms with E-state index in [2.05, 4.69) is 10.3 Å². The number of benzene rings is 1. The number of aryl methyl sites for hydroxylation is 2. The summed E-state index contributed by atoms with van der Waals surface area (Å²) in [5.74, 6) is -0.154. The van der Waals surface area contributed by atoms with Crippen molar-refractivity contribution in [3.63, 3.8) is 0 Å². The number of nitrogens with two attached hydrogens (primary N) is 1. The Balaban J connectivity index is 2.11. The highest BCUT2D eigenvalue weighted by atomic mass is 35.5. The molecule has 0 saturated carbocycles. The van der Waals surface area contributed by atoms with Gasteiger partial charge in [-0.3, -0.25) is 4.79 Å². The first kappa shape index (κ1) is 13.8. The van der Waals surface area contributed by atoms with Gasteiger partial charge in [0.2, 0.25) is 5.91 Å². The lowest BCUT2D eigenvalue weighted by Crippen LogP contribution is -2.15. The van der Waals surface area contributed by atoms with Gasteiger partial charge in [0.25, 0.3) is 0 Å². The van der Waals surface area contributed by atoms with Gasteiger partial charge in [0.1, 0.15) is 0 Å². The van der Waals surface area contributed by atoms with Gasteiger partial charge in [-0.1, -0.05) is 17.7 Å². The second kappa shape index (κ2) is 5.59. The van der Waals surface area contributed by atoms with E-state index in [1.807, 2.05) is 26.0 Å². The van der Waals surface area contributed by atoms with Gasteiger partial charge in [-0.25, -0.2) is 4.98 Å².